The quantitative estimate of drug-likeness (QED) is 0.648. The predicted molar refractivity (Wildman–Crippen MR) is 122 cm³/mol. The average molecular weight is 416 g/mol. The minimum absolute atomic E-state index is 0.239. The standard InChI is InChI=1S/C25H29N5O/c1-18-14-30(15-19(2)31-18)24-9-8-20(12-26-24)16-29-11-10-23-22(17-29)13-27-25(28-23)21-6-4-3-5-7-21/h3-9,12-13,18-19H,10-11,14-17H2,1-2H3. The zero-order chi connectivity index (χ0) is 21.2. The second-order valence-corrected chi connectivity index (χ2v) is 8.68. The van der Waals surface area contributed by atoms with Crippen molar-refractivity contribution in [1.29, 1.82) is 0 Å². The number of rotatable bonds is 4. The SMILES string of the molecule is CC1CN(c2ccc(CN3CCc4nc(-c5ccccc5)ncc4C3)cn2)CC(C)O1. The van der Waals surface area contributed by atoms with Gasteiger partial charge in [-0.25, -0.2) is 15.0 Å². The first-order valence-electron chi connectivity index (χ1n) is 11.1. The van der Waals surface area contributed by atoms with Gasteiger partial charge in [-0.1, -0.05) is 36.4 Å². The molecule has 3 aromatic rings. The van der Waals surface area contributed by atoms with E-state index in [0.717, 1.165) is 56.4 Å². The Morgan fingerprint density at radius 1 is 0.968 bits per heavy atom. The summed E-state index contributed by atoms with van der Waals surface area (Å²) in [6, 6.07) is 14.5. The summed E-state index contributed by atoms with van der Waals surface area (Å²) in [4.78, 5) is 19.0. The number of ether oxygens (including phenoxy) is 1. The van der Waals surface area contributed by atoms with Gasteiger partial charge in [0.1, 0.15) is 5.82 Å². The zero-order valence-corrected chi connectivity index (χ0v) is 18.2. The average Bonchev–Trinajstić information content (AvgIpc) is 2.79. The fourth-order valence-corrected chi connectivity index (χ4v) is 4.56. The van der Waals surface area contributed by atoms with E-state index in [9.17, 15) is 0 Å². The van der Waals surface area contributed by atoms with Crippen molar-refractivity contribution < 1.29 is 4.74 Å². The van der Waals surface area contributed by atoms with Gasteiger partial charge in [-0.05, 0) is 25.5 Å². The summed E-state index contributed by atoms with van der Waals surface area (Å²) < 4.78 is 5.84. The van der Waals surface area contributed by atoms with E-state index in [1.54, 1.807) is 0 Å². The highest BCUT2D eigenvalue weighted by atomic mass is 16.5. The van der Waals surface area contributed by atoms with Gasteiger partial charge in [0.15, 0.2) is 5.82 Å². The van der Waals surface area contributed by atoms with E-state index >= 15 is 0 Å². The lowest BCUT2D eigenvalue weighted by atomic mass is 10.1. The van der Waals surface area contributed by atoms with Gasteiger partial charge in [0.25, 0.3) is 0 Å². The number of hydrogen-bond donors (Lipinski definition) is 0. The Morgan fingerprint density at radius 2 is 1.77 bits per heavy atom. The molecule has 2 aromatic heterocycles. The smallest absolute Gasteiger partial charge is 0.159 e. The van der Waals surface area contributed by atoms with Crippen LogP contribution < -0.4 is 4.90 Å². The molecule has 2 unspecified atom stereocenters. The Balaban J connectivity index is 1.23. The lowest BCUT2D eigenvalue weighted by molar-refractivity contribution is -0.00546. The lowest BCUT2D eigenvalue weighted by Gasteiger charge is -2.36. The van der Waals surface area contributed by atoms with Gasteiger partial charge in [-0.3, -0.25) is 4.90 Å². The zero-order valence-electron chi connectivity index (χ0n) is 18.2. The number of nitrogens with zero attached hydrogens (tertiary/aromatic N) is 5. The van der Waals surface area contributed by atoms with Crippen LogP contribution in [0.15, 0.2) is 54.9 Å². The largest absolute Gasteiger partial charge is 0.372 e. The number of benzene rings is 1. The second kappa shape index (κ2) is 8.73. The summed E-state index contributed by atoms with van der Waals surface area (Å²) in [6.45, 7) is 8.80. The molecule has 31 heavy (non-hydrogen) atoms. The molecule has 160 valence electrons. The van der Waals surface area contributed by atoms with Crippen LogP contribution >= 0.6 is 0 Å². The molecule has 1 saturated heterocycles. The summed E-state index contributed by atoms with van der Waals surface area (Å²) in [5.41, 5.74) is 4.72. The summed E-state index contributed by atoms with van der Waals surface area (Å²) >= 11 is 0. The van der Waals surface area contributed by atoms with Gasteiger partial charge < -0.3 is 9.64 Å². The van der Waals surface area contributed by atoms with Crippen molar-refractivity contribution in [1.82, 2.24) is 19.9 Å². The van der Waals surface area contributed by atoms with Crippen LogP contribution in [0.25, 0.3) is 11.4 Å². The molecule has 0 radical (unpaired) electrons. The molecule has 1 fully saturated rings. The number of aromatic nitrogens is 3. The van der Waals surface area contributed by atoms with E-state index in [1.807, 2.05) is 30.6 Å². The van der Waals surface area contributed by atoms with Gasteiger partial charge in [0.2, 0.25) is 0 Å². The minimum Gasteiger partial charge on any atom is -0.372 e. The maximum Gasteiger partial charge on any atom is 0.159 e. The normalized spacial score (nSPS) is 21.7. The third kappa shape index (κ3) is 4.60. The third-order valence-corrected chi connectivity index (χ3v) is 6.00. The predicted octanol–water partition coefficient (Wildman–Crippen LogP) is 3.71. The van der Waals surface area contributed by atoms with Crippen LogP contribution in [0.2, 0.25) is 0 Å². The molecule has 2 aliphatic rings. The molecule has 2 aliphatic heterocycles. The third-order valence-electron chi connectivity index (χ3n) is 6.00. The first kappa shape index (κ1) is 20.1. The van der Waals surface area contributed by atoms with E-state index in [4.69, 9.17) is 14.7 Å². The Morgan fingerprint density at radius 3 is 2.52 bits per heavy atom. The molecule has 6 heteroatoms. The fourth-order valence-electron chi connectivity index (χ4n) is 4.56. The van der Waals surface area contributed by atoms with Crippen molar-refractivity contribution in [2.45, 2.75) is 45.6 Å². The molecular weight excluding hydrogens is 386 g/mol. The van der Waals surface area contributed by atoms with E-state index in [0.29, 0.717) is 0 Å². The van der Waals surface area contributed by atoms with E-state index in [2.05, 4.69) is 52.9 Å². The van der Waals surface area contributed by atoms with E-state index < -0.39 is 0 Å². The van der Waals surface area contributed by atoms with E-state index in [1.165, 1.54) is 16.8 Å². The van der Waals surface area contributed by atoms with Crippen LogP contribution in [0.4, 0.5) is 5.82 Å². The molecule has 0 aliphatic carbocycles. The number of pyridine rings is 1. The van der Waals surface area contributed by atoms with Crippen molar-refractivity contribution in [2.24, 2.45) is 0 Å². The highest BCUT2D eigenvalue weighted by Crippen LogP contribution is 2.23. The molecule has 5 rings (SSSR count). The molecule has 0 spiro atoms. The van der Waals surface area contributed by atoms with Crippen LogP contribution in [0, 0.1) is 0 Å². The highest BCUT2D eigenvalue weighted by molar-refractivity contribution is 5.54. The maximum atomic E-state index is 5.84. The number of fused-ring (bicyclic) bond motifs is 1. The maximum absolute atomic E-state index is 5.84. The van der Waals surface area contributed by atoms with Crippen molar-refractivity contribution in [3.63, 3.8) is 0 Å². The molecule has 0 bridgehead atoms. The molecule has 0 amide bonds. The first-order valence-corrected chi connectivity index (χ1v) is 11.1. The van der Waals surface area contributed by atoms with E-state index in [-0.39, 0.29) is 12.2 Å². The number of anilines is 1. The van der Waals surface area contributed by atoms with Gasteiger partial charge in [0.05, 0.1) is 17.9 Å². The molecular formula is C25H29N5O. The van der Waals surface area contributed by atoms with Crippen molar-refractivity contribution in [3.05, 3.63) is 71.7 Å². The fraction of sp³-hybridized carbons (Fsp3) is 0.400. The topological polar surface area (TPSA) is 54.4 Å². The summed E-state index contributed by atoms with van der Waals surface area (Å²) in [5, 5.41) is 0. The van der Waals surface area contributed by atoms with Gasteiger partial charge >= 0.3 is 0 Å². The van der Waals surface area contributed by atoms with Crippen LogP contribution in [0.1, 0.15) is 30.7 Å². The van der Waals surface area contributed by atoms with Crippen LogP contribution in [0.3, 0.4) is 0 Å². The van der Waals surface area contributed by atoms with Crippen LogP contribution in [-0.2, 0) is 24.2 Å². The molecule has 1 aromatic carbocycles. The Kier molecular flexibility index (Phi) is 5.66. The monoisotopic (exact) mass is 415 g/mol. The first-order chi connectivity index (χ1) is 15.1. The number of hydrogen-bond acceptors (Lipinski definition) is 6. The summed E-state index contributed by atoms with van der Waals surface area (Å²) in [7, 11) is 0. The van der Waals surface area contributed by atoms with Gasteiger partial charge in [-0.2, -0.15) is 0 Å². The van der Waals surface area contributed by atoms with Crippen molar-refractivity contribution in [2.75, 3.05) is 24.5 Å². The van der Waals surface area contributed by atoms with Crippen LogP contribution in [-0.4, -0.2) is 51.7 Å². The second-order valence-electron chi connectivity index (χ2n) is 8.68. The molecule has 6 nitrogen and oxygen atoms in total. The Hall–Kier alpha value is -2.83. The Labute approximate surface area is 183 Å². The van der Waals surface area contributed by atoms with Gasteiger partial charge in [0, 0.05) is 62.7 Å². The van der Waals surface area contributed by atoms with Gasteiger partial charge in [-0.15, -0.1) is 0 Å². The Bertz CT molecular complexity index is 1010. The molecule has 0 saturated carbocycles. The van der Waals surface area contributed by atoms with Crippen molar-refractivity contribution >= 4 is 5.82 Å². The highest BCUT2D eigenvalue weighted by Gasteiger charge is 2.23. The summed E-state index contributed by atoms with van der Waals surface area (Å²) in [6.07, 6.45) is 5.45. The van der Waals surface area contributed by atoms with Crippen LogP contribution in [0.5, 0.6) is 0 Å². The minimum atomic E-state index is 0.239. The summed E-state index contributed by atoms with van der Waals surface area (Å²) in [5.74, 6) is 1.86. The molecule has 4 heterocycles. The molecule has 0 N–H and O–H groups in total. The number of morpholine rings is 1. The lowest BCUT2D eigenvalue weighted by Crippen LogP contribution is -2.45. The molecule has 2 atom stereocenters. The van der Waals surface area contributed by atoms with Crippen molar-refractivity contribution in [3.8, 4) is 11.4 Å².